The summed E-state index contributed by atoms with van der Waals surface area (Å²) in [5.41, 5.74) is 2.71. The lowest BCUT2D eigenvalue weighted by molar-refractivity contribution is 0.0948. The van der Waals surface area contributed by atoms with Gasteiger partial charge in [-0.1, -0.05) is 6.07 Å². The van der Waals surface area contributed by atoms with Gasteiger partial charge >= 0.3 is 0 Å². The number of amides is 1. The Kier molecular flexibility index (Phi) is 3.99. The molecule has 110 valence electrons. The van der Waals surface area contributed by atoms with Gasteiger partial charge in [-0.15, -0.1) is 0 Å². The molecule has 0 spiro atoms. The van der Waals surface area contributed by atoms with Crippen molar-refractivity contribution < 1.29 is 4.79 Å². The van der Waals surface area contributed by atoms with Crippen molar-refractivity contribution in [3.8, 4) is 0 Å². The maximum atomic E-state index is 12.1. The SMILES string of the molecule is Cc1c(C)c(=O)n(Cc2cccc(C(=O)NN)n2)[nH]c1=O. The molecule has 2 rings (SSSR count). The second kappa shape index (κ2) is 5.71. The van der Waals surface area contributed by atoms with Gasteiger partial charge in [0.2, 0.25) is 0 Å². The summed E-state index contributed by atoms with van der Waals surface area (Å²) in [6.45, 7) is 3.24. The van der Waals surface area contributed by atoms with Gasteiger partial charge in [-0.3, -0.25) is 24.9 Å². The first-order chi connectivity index (χ1) is 9.93. The minimum Gasteiger partial charge on any atom is -0.289 e. The summed E-state index contributed by atoms with van der Waals surface area (Å²) in [4.78, 5) is 39.3. The van der Waals surface area contributed by atoms with Gasteiger partial charge in [0.1, 0.15) is 5.69 Å². The molecule has 0 aliphatic carbocycles. The smallest absolute Gasteiger partial charge is 0.283 e. The molecule has 0 saturated carbocycles. The molecule has 2 aromatic heterocycles. The quantitative estimate of drug-likeness (QED) is 0.388. The average molecular weight is 289 g/mol. The first-order valence-corrected chi connectivity index (χ1v) is 6.21. The zero-order chi connectivity index (χ0) is 15.6. The predicted octanol–water partition coefficient (Wildman–Crippen LogP) is -0.800. The van der Waals surface area contributed by atoms with Crippen molar-refractivity contribution >= 4 is 5.91 Å². The molecule has 1 amide bonds. The molecule has 2 heterocycles. The van der Waals surface area contributed by atoms with E-state index in [1.165, 1.54) is 6.07 Å². The lowest BCUT2D eigenvalue weighted by Crippen LogP contribution is -2.34. The largest absolute Gasteiger partial charge is 0.289 e. The number of carbonyl (C=O) groups is 1. The Morgan fingerprint density at radius 2 is 2.05 bits per heavy atom. The zero-order valence-electron chi connectivity index (χ0n) is 11.6. The Hall–Kier alpha value is -2.74. The van der Waals surface area contributed by atoms with Crippen LogP contribution in [-0.2, 0) is 6.54 Å². The number of nitrogens with one attached hydrogen (secondary N) is 2. The van der Waals surface area contributed by atoms with Gasteiger partial charge in [0.25, 0.3) is 17.0 Å². The number of H-pyrrole nitrogens is 1. The molecule has 8 heteroatoms. The first kappa shape index (κ1) is 14.7. The Bertz CT molecular complexity index is 806. The third-order valence-corrected chi connectivity index (χ3v) is 3.20. The number of pyridine rings is 1. The molecule has 0 radical (unpaired) electrons. The van der Waals surface area contributed by atoms with Crippen molar-refractivity contribution in [1.82, 2.24) is 20.2 Å². The number of nitrogen functional groups attached to an aromatic ring is 1. The van der Waals surface area contributed by atoms with Gasteiger partial charge in [0.05, 0.1) is 12.2 Å². The molecule has 0 aromatic carbocycles. The second-order valence-electron chi connectivity index (χ2n) is 4.57. The van der Waals surface area contributed by atoms with E-state index in [1.807, 2.05) is 5.43 Å². The van der Waals surface area contributed by atoms with Crippen LogP contribution in [0.1, 0.15) is 27.3 Å². The van der Waals surface area contributed by atoms with E-state index < -0.39 is 5.91 Å². The van der Waals surface area contributed by atoms with Crippen LogP contribution >= 0.6 is 0 Å². The van der Waals surface area contributed by atoms with Crippen LogP contribution in [0.2, 0.25) is 0 Å². The fourth-order valence-electron chi connectivity index (χ4n) is 1.83. The molecule has 0 atom stereocenters. The maximum absolute atomic E-state index is 12.1. The van der Waals surface area contributed by atoms with Crippen molar-refractivity contribution in [2.45, 2.75) is 20.4 Å². The minimum absolute atomic E-state index is 0.0564. The summed E-state index contributed by atoms with van der Waals surface area (Å²) >= 11 is 0. The Morgan fingerprint density at radius 1 is 1.33 bits per heavy atom. The van der Waals surface area contributed by atoms with Gasteiger partial charge in [-0.2, -0.15) is 0 Å². The van der Waals surface area contributed by atoms with E-state index >= 15 is 0 Å². The van der Waals surface area contributed by atoms with Gasteiger partial charge in [-0.05, 0) is 26.0 Å². The molecule has 4 N–H and O–H groups in total. The number of aromatic nitrogens is 3. The van der Waals surface area contributed by atoms with Crippen LogP contribution in [0.4, 0.5) is 0 Å². The van der Waals surface area contributed by atoms with Crippen LogP contribution in [-0.4, -0.2) is 20.7 Å². The van der Waals surface area contributed by atoms with Crippen LogP contribution in [0.25, 0.3) is 0 Å². The van der Waals surface area contributed by atoms with Crippen molar-refractivity contribution in [1.29, 1.82) is 0 Å². The van der Waals surface area contributed by atoms with E-state index in [-0.39, 0.29) is 23.4 Å². The van der Waals surface area contributed by atoms with Gasteiger partial charge in [0.15, 0.2) is 0 Å². The number of hydrazine groups is 1. The summed E-state index contributed by atoms with van der Waals surface area (Å²) in [6, 6.07) is 4.77. The molecule has 0 fully saturated rings. The van der Waals surface area contributed by atoms with Crippen molar-refractivity contribution in [2.24, 2.45) is 5.84 Å². The molecule has 8 nitrogen and oxygen atoms in total. The predicted molar refractivity (Wildman–Crippen MR) is 75.8 cm³/mol. The average Bonchev–Trinajstić information content (AvgIpc) is 2.50. The number of nitrogens with zero attached hydrogens (tertiary/aromatic N) is 2. The number of hydrogen-bond donors (Lipinski definition) is 3. The van der Waals surface area contributed by atoms with E-state index in [0.717, 1.165) is 4.68 Å². The van der Waals surface area contributed by atoms with E-state index in [4.69, 9.17) is 5.84 Å². The van der Waals surface area contributed by atoms with Gasteiger partial charge in [-0.25, -0.2) is 15.5 Å². The zero-order valence-corrected chi connectivity index (χ0v) is 11.6. The molecule has 0 unspecified atom stereocenters. The molecule has 0 aliphatic heterocycles. The minimum atomic E-state index is -0.530. The van der Waals surface area contributed by atoms with E-state index in [1.54, 1.807) is 26.0 Å². The topological polar surface area (TPSA) is 123 Å². The van der Waals surface area contributed by atoms with Gasteiger partial charge in [0, 0.05) is 11.1 Å². The second-order valence-corrected chi connectivity index (χ2v) is 4.57. The summed E-state index contributed by atoms with van der Waals surface area (Å²) in [6.07, 6.45) is 0. The van der Waals surface area contributed by atoms with Crippen LogP contribution in [0.3, 0.4) is 0 Å². The lowest BCUT2D eigenvalue weighted by atomic mass is 10.2. The van der Waals surface area contributed by atoms with Gasteiger partial charge < -0.3 is 0 Å². The molecule has 2 aromatic rings. The highest BCUT2D eigenvalue weighted by atomic mass is 16.2. The number of carbonyl (C=O) groups excluding carboxylic acids is 1. The maximum Gasteiger partial charge on any atom is 0.283 e. The number of aromatic amines is 1. The molecular formula is C13H15N5O3. The Labute approximate surface area is 119 Å². The Morgan fingerprint density at radius 3 is 2.71 bits per heavy atom. The first-order valence-electron chi connectivity index (χ1n) is 6.21. The Balaban J connectivity index is 2.42. The van der Waals surface area contributed by atoms with Crippen molar-refractivity contribution in [2.75, 3.05) is 0 Å². The van der Waals surface area contributed by atoms with Crippen LogP contribution < -0.4 is 22.4 Å². The van der Waals surface area contributed by atoms with E-state index in [9.17, 15) is 14.4 Å². The highest BCUT2D eigenvalue weighted by Crippen LogP contribution is 2.01. The summed E-state index contributed by atoms with van der Waals surface area (Å²) < 4.78 is 1.16. The monoisotopic (exact) mass is 289 g/mol. The van der Waals surface area contributed by atoms with Crippen LogP contribution in [0.15, 0.2) is 27.8 Å². The number of rotatable bonds is 3. The summed E-state index contributed by atoms with van der Waals surface area (Å²) in [5, 5.41) is 2.48. The van der Waals surface area contributed by atoms with Crippen molar-refractivity contribution in [3.05, 3.63) is 61.4 Å². The summed E-state index contributed by atoms with van der Waals surface area (Å²) in [5.74, 6) is 4.52. The molecule has 0 aliphatic rings. The highest BCUT2D eigenvalue weighted by molar-refractivity contribution is 5.91. The fraction of sp³-hybridized carbons (Fsp3) is 0.231. The third-order valence-electron chi connectivity index (χ3n) is 3.20. The molecule has 0 saturated heterocycles. The van der Waals surface area contributed by atoms with E-state index in [0.29, 0.717) is 16.8 Å². The number of hydrogen-bond acceptors (Lipinski definition) is 5. The molecule has 0 bridgehead atoms. The molecular weight excluding hydrogens is 274 g/mol. The fourth-order valence-corrected chi connectivity index (χ4v) is 1.83. The number of nitrogens with two attached hydrogens (primary N) is 1. The third kappa shape index (κ3) is 2.90. The lowest BCUT2D eigenvalue weighted by Gasteiger charge is -2.08. The summed E-state index contributed by atoms with van der Waals surface area (Å²) in [7, 11) is 0. The molecule has 21 heavy (non-hydrogen) atoms. The van der Waals surface area contributed by atoms with Crippen LogP contribution in [0.5, 0.6) is 0 Å². The van der Waals surface area contributed by atoms with Crippen LogP contribution in [0, 0.1) is 13.8 Å². The van der Waals surface area contributed by atoms with Crippen molar-refractivity contribution in [3.63, 3.8) is 0 Å². The standard InChI is InChI=1S/C13H15N5O3/c1-7-8(2)13(21)18(17-11(7)19)6-9-4-3-5-10(15-9)12(20)16-14/h3-5H,6,14H2,1-2H3,(H,16,20)(H,17,19). The highest BCUT2D eigenvalue weighted by Gasteiger charge is 2.10. The normalized spacial score (nSPS) is 10.4. The van der Waals surface area contributed by atoms with E-state index in [2.05, 4.69) is 10.1 Å².